The summed E-state index contributed by atoms with van der Waals surface area (Å²) < 4.78 is 37.1. The summed E-state index contributed by atoms with van der Waals surface area (Å²) in [5.41, 5.74) is 0. The SMILES string of the molecule is O=C(O)CN(CC(F)(F)F)C(=O)c1sccc1Br. The Labute approximate surface area is 112 Å². The van der Waals surface area contributed by atoms with Gasteiger partial charge in [-0.3, -0.25) is 9.59 Å². The fourth-order valence-corrected chi connectivity index (χ4v) is 2.68. The lowest BCUT2D eigenvalue weighted by Gasteiger charge is -2.21. The van der Waals surface area contributed by atoms with Crippen LogP contribution in [0.4, 0.5) is 13.2 Å². The Bertz CT molecular complexity index is 460. The molecule has 0 saturated carbocycles. The number of thiophene rings is 1. The van der Waals surface area contributed by atoms with Crippen LogP contribution in [0, 0.1) is 0 Å². The minimum absolute atomic E-state index is 0.0421. The Balaban J connectivity index is 2.93. The van der Waals surface area contributed by atoms with E-state index in [-0.39, 0.29) is 9.78 Å². The topological polar surface area (TPSA) is 57.6 Å². The van der Waals surface area contributed by atoms with E-state index >= 15 is 0 Å². The summed E-state index contributed by atoms with van der Waals surface area (Å²) in [5, 5.41) is 10.0. The van der Waals surface area contributed by atoms with E-state index in [0.717, 1.165) is 11.3 Å². The summed E-state index contributed by atoms with van der Waals surface area (Å²) in [7, 11) is 0. The molecule has 0 aliphatic rings. The van der Waals surface area contributed by atoms with Gasteiger partial charge in [0.05, 0.1) is 0 Å². The molecule has 0 aliphatic heterocycles. The number of halogens is 4. The quantitative estimate of drug-likeness (QED) is 0.912. The zero-order valence-corrected chi connectivity index (χ0v) is 11.1. The first-order chi connectivity index (χ1) is 8.20. The summed E-state index contributed by atoms with van der Waals surface area (Å²) >= 11 is 3.96. The number of nitrogens with zero attached hydrogens (tertiary/aromatic N) is 1. The van der Waals surface area contributed by atoms with Crippen LogP contribution in [0.15, 0.2) is 15.9 Å². The number of amides is 1. The molecular weight excluding hydrogens is 339 g/mol. The molecule has 100 valence electrons. The van der Waals surface area contributed by atoms with Crippen molar-refractivity contribution in [1.29, 1.82) is 0 Å². The van der Waals surface area contributed by atoms with Crippen LogP contribution in [0.1, 0.15) is 9.67 Å². The first kappa shape index (κ1) is 15.0. The normalized spacial score (nSPS) is 11.3. The van der Waals surface area contributed by atoms with Crippen LogP contribution in [0.5, 0.6) is 0 Å². The van der Waals surface area contributed by atoms with Gasteiger partial charge in [-0.15, -0.1) is 11.3 Å². The molecule has 1 heterocycles. The Morgan fingerprint density at radius 2 is 2.06 bits per heavy atom. The number of carboxylic acid groups (broad SMARTS) is 1. The lowest BCUT2D eigenvalue weighted by molar-refractivity contribution is -0.149. The van der Waals surface area contributed by atoms with Gasteiger partial charge in [-0.05, 0) is 27.4 Å². The summed E-state index contributed by atoms with van der Waals surface area (Å²) in [6.45, 7) is -2.59. The number of aliphatic carboxylic acids is 1. The highest BCUT2D eigenvalue weighted by molar-refractivity contribution is 9.10. The Hall–Kier alpha value is -1.09. The molecule has 0 unspecified atom stereocenters. The number of hydrogen-bond donors (Lipinski definition) is 1. The molecule has 1 aromatic heterocycles. The third kappa shape index (κ3) is 4.30. The molecule has 0 saturated heterocycles. The van der Waals surface area contributed by atoms with Crippen molar-refractivity contribution in [1.82, 2.24) is 4.90 Å². The Kier molecular flexibility index (Phi) is 4.74. The molecule has 4 nitrogen and oxygen atoms in total. The van der Waals surface area contributed by atoms with Crippen molar-refractivity contribution in [3.63, 3.8) is 0 Å². The number of carboxylic acids is 1. The maximum atomic E-state index is 12.3. The third-order valence-corrected chi connectivity index (χ3v) is 3.62. The number of carbonyl (C=O) groups is 2. The Morgan fingerprint density at radius 3 is 2.44 bits per heavy atom. The molecule has 18 heavy (non-hydrogen) atoms. The second kappa shape index (κ2) is 5.70. The van der Waals surface area contributed by atoms with Crippen molar-refractivity contribution in [2.75, 3.05) is 13.1 Å². The van der Waals surface area contributed by atoms with E-state index in [2.05, 4.69) is 15.9 Å². The molecule has 1 N–H and O–H groups in total. The van der Waals surface area contributed by atoms with Crippen LogP contribution < -0.4 is 0 Å². The van der Waals surface area contributed by atoms with Gasteiger partial charge in [-0.25, -0.2) is 0 Å². The highest BCUT2D eigenvalue weighted by Gasteiger charge is 2.35. The van der Waals surface area contributed by atoms with Gasteiger partial charge in [0.25, 0.3) is 5.91 Å². The van der Waals surface area contributed by atoms with Gasteiger partial charge < -0.3 is 10.0 Å². The van der Waals surface area contributed by atoms with Gasteiger partial charge in [0.15, 0.2) is 0 Å². The van der Waals surface area contributed by atoms with E-state index in [1.54, 1.807) is 0 Å². The smallest absolute Gasteiger partial charge is 0.406 e. The van der Waals surface area contributed by atoms with Crippen LogP contribution in [0.3, 0.4) is 0 Å². The Morgan fingerprint density at radius 1 is 1.44 bits per heavy atom. The molecule has 0 fully saturated rings. The lowest BCUT2D eigenvalue weighted by Crippen LogP contribution is -2.41. The van der Waals surface area contributed by atoms with Crippen LogP contribution >= 0.6 is 27.3 Å². The maximum Gasteiger partial charge on any atom is 0.406 e. The largest absolute Gasteiger partial charge is 0.480 e. The molecule has 0 bridgehead atoms. The molecule has 0 aliphatic carbocycles. The molecule has 1 rings (SSSR count). The minimum atomic E-state index is -4.64. The number of hydrogen-bond acceptors (Lipinski definition) is 3. The first-order valence-electron chi connectivity index (χ1n) is 4.51. The fraction of sp³-hybridized carbons (Fsp3) is 0.333. The standard InChI is InChI=1S/C9H7BrF3NO3S/c10-5-1-2-18-7(5)8(17)14(3-6(15)16)4-9(11,12)13/h1-2H,3-4H2,(H,15,16). The predicted octanol–water partition coefficient (Wildman–Crippen LogP) is 2.60. The number of alkyl halides is 3. The number of carbonyl (C=O) groups excluding carboxylic acids is 1. The van der Waals surface area contributed by atoms with E-state index in [0.29, 0.717) is 4.47 Å². The molecule has 0 atom stereocenters. The van der Waals surface area contributed by atoms with E-state index < -0.39 is 31.1 Å². The van der Waals surface area contributed by atoms with Gasteiger partial charge in [-0.2, -0.15) is 13.2 Å². The van der Waals surface area contributed by atoms with Gasteiger partial charge >= 0.3 is 12.1 Å². The summed E-state index contributed by atoms with van der Waals surface area (Å²) in [6, 6.07) is 1.50. The average molecular weight is 346 g/mol. The maximum absolute atomic E-state index is 12.3. The summed E-state index contributed by atoms with van der Waals surface area (Å²) in [4.78, 5) is 22.6. The van der Waals surface area contributed by atoms with Crippen LogP contribution in [0.2, 0.25) is 0 Å². The molecule has 0 spiro atoms. The van der Waals surface area contributed by atoms with Crippen molar-refractivity contribution in [2.45, 2.75) is 6.18 Å². The van der Waals surface area contributed by atoms with Crippen molar-refractivity contribution >= 4 is 39.1 Å². The molecular formula is C9H7BrF3NO3S. The zero-order valence-electron chi connectivity index (χ0n) is 8.70. The average Bonchev–Trinajstić information content (AvgIpc) is 2.59. The van der Waals surface area contributed by atoms with Crippen LogP contribution in [-0.4, -0.2) is 41.1 Å². The van der Waals surface area contributed by atoms with E-state index in [4.69, 9.17) is 5.11 Å². The van der Waals surface area contributed by atoms with Crippen molar-refractivity contribution in [2.24, 2.45) is 0 Å². The highest BCUT2D eigenvalue weighted by atomic mass is 79.9. The second-order valence-corrected chi connectivity index (χ2v) is 5.04. The van der Waals surface area contributed by atoms with Crippen molar-refractivity contribution in [3.05, 3.63) is 20.8 Å². The third-order valence-electron chi connectivity index (χ3n) is 1.79. The lowest BCUT2D eigenvalue weighted by atomic mass is 10.3. The molecule has 1 amide bonds. The molecule has 9 heteroatoms. The summed E-state index contributed by atoms with van der Waals surface area (Å²) in [6.07, 6.45) is -4.64. The summed E-state index contributed by atoms with van der Waals surface area (Å²) in [5.74, 6) is -2.46. The van der Waals surface area contributed by atoms with Crippen LogP contribution in [-0.2, 0) is 4.79 Å². The molecule has 0 radical (unpaired) electrons. The highest BCUT2D eigenvalue weighted by Crippen LogP contribution is 2.25. The monoisotopic (exact) mass is 345 g/mol. The van der Waals surface area contributed by atoms with E-state index in [1.807, 2.05) is 0 Å². The van der Waals surface area contributed by atoms with Crippen LogP contribution in [0.25, 0.3) is 0 Å². The van der Waals surface area contributed by atoms with Gasteiger partial charge in [0, 0.05) is 4.47 Å². The molecule has 1 aromatic rings. The fourth-order valence-electron chi connectivity index (χ4n) is 1.17. The molecule has 0 aromatic carbocycles. The first-order valence-corrected chi connectivity index (χ1v) is 6.19. The van der Waals surface area contributed by atoms with E-state index in [9.17, 15) is 22.8 Å². The number of rotatable bonds is 4. The van der Waals surface area contributed by atoms with Gasteiger partial charge in [0.1, 0.15) is 18.0 Å². The zero-order chi connectivity index (χ0) is 13.9. The predicted molar refractivity (Wildman–Crippen MR) is 61.6 cm³/mol. The second-order valence-electron chi connectivity index (χ2n) is 3.27. The van der Waals surface area contributed by atoms with E-state index in [1.165, 1.54) is 11.4 Å². The minimum Gasteiger partial charge on any atom is -0.480 e. The van der Waals surface area contributed by atoms with Crippen molar-refractivity contribution < 1.29 is 27.9 Å². The van der Waals surface area contributed by atoms with Crippen molar-refractivity contribution in [3.8, 4) is 0 Å². The van der Waals surface area contributed by atoms with Gasteiger partial charge in [-0.1, -0.05) is 0 Å². The van der Waals surface area contributed by atoms with Gasteiger partial charge in [0.2, 0.25) is 0 Å².